The van der Waals surface area contributed by atoms with Crippen molar-refractivity contribution in [2.45, 2.75) is 0 Å². The van der Waals surface area contributed by atoms with Gasteiger partial charge in [0.1, 0.15) is 10.7 Å². The number of pyridine rings is 2. The Kier molecular flexibility index (Phi) is 3.31. The van der Waals surface area contributed by atoms with Crippen LogP contribution in [0.3, 0.4) is 0 Å². The number of aromatic nitrogens is 2. The maximum Gasteiger partial charge on any atom is 0.346 e. The molecule has 0 radical (unpaired) electrons. The molecule has 0 atom stereocenters. The number of ether oxygens (including phenoxy) is 1. The summed E-state index contributed by atoms with van der Waals surface area (Å²) in [7, 11) is 0. The number of esters is 1. The first-order valence-corrected chi connectivity index (χ1v) is 6.30. The van der Waals surface area contributed by atoms with Gasteiger partial charge >= 0.3 is 5.97 Å². The highest BCUT2D eigenvalue weighted by Crippen LogP contribution is 2.24. The molecule has 0 unspecified atom stereocenters. The Morgan fingerprint density at radius 1 is 1.00 bits per heavy atom. The van der Waals surface area contributed by atoms with Crippen LogP contribution >= 0.6 is 11.6 Å². The first kappa shape index (κ1) is 12.6. The summed E-state index contributed by atoms with van der Waals surface area (Å²) in [5, 5.41) is 1.01. The normalized spacial score (nSPS) is 10.4. The molecule has 2 aromatic heterocycles. The molecule has 98 valence electrons. The fourth-order valence-corrected chi connectivity index (χ4v) is 2.05. The molecule has 0 aliphatic carbocycles. The lowest BCUT2D eigenvalue weighted by molar-refractivity contribution is 0.0736. The molecule has 4 nitrogen and oxygen atoms in total. The van der Waals surface area contributed by atoms with E-state index in [1.165, 1.54) is 6.20 Å². The third kappa shape index (κ3) is 2.33. The molecule has 0 spiro atoms. The van der Waals surface area contributed by atoms with Gasteiger partial charge in [-0.3, -0.25) is 4.98 Å². The van der Waals surface area contributed by atoms with Gasteiger partial charge < -0.3 is 4.74 Å². The van der Waals surface area contributed by atoms with Crippen molar-refractivity contribution in [3.63, 3.8) is 0 Å². The summed E-state index contributed by atoms with van der Waals surface area (Å²) in [6, 6.07) is 12.3. The SMILES string of the molecule is O=C(Oc1cccc2cccnc12)c1cccnc1Cl. The van der Waals surface area contributed by atoms with Crippen molar-refractivity contribution in [3.05, 3.63) is 65.6 Å². The van der Waals surface area contributed by atoms with Crippen molar-refractivity contribution in [2.75, 3.05) is 0 Å². The van der Waals surface area contributed by atoms with Crippen LogP contribution in [-0.4, -0.2) is 15.9 Å². The first-order valence-electron chi connectivity index (χ1n) is 5.92. The van der Waals surface area contributed by atoms with Gasteiger partial charge in [-0.25, -0.2) is 9.78 Å². The Morgan fingerprint density at radius 2 is 1.75 bits per heavy atom. The molecule has 0 saturated heterocycles. The Hall–Kier alpha value is -2.46. The van der Waals surface area contributed by atoms with Crippen LogP contribution in [0.15, 0.2) is 54.9 Å². The monoisotopic (exact) mass is 284 g/mol. The smallest absolute Gasteiger partial charge is 0.346 e. The molecule has 20 heavy (non-hydrogen) atoms. The summed E-state index contributed by atoms with van der Waals surface area (Å²) in [6.45, 7) is 0. The van der Waals surface area contributed by atoms with Gasteiger partial charge in [-0.05, 0) is 24.3 Å². The lowest BCUT2D eigenvalue weighted by Gasteiger charge is -2.07. The van der Waals surface area contributed by atoms with Gasteiger partial charge in [-0.1, -0.05) is 29.8 Å². The predicted octanol–water partition coefficient (Wildman–Crippen LogP) is 3.50. The van der Waals surface area contributed by atoms with E-state index in [4.69, 9.17) is 16.3 Å². The fourth-order valence-electron chi connectivity index (χ4n) is 1.85. The molecular formula is C15H9ClN2O2. The quantitative estimate of drug-likeness (QED) is 0.410. The van der Waals surface area contributed by atoms with Crippen LogP contribution in [0.4, 0.5) is 0 Å². The lowest BCUT2D eigenvalue weighted by atomic mass is 10.2. The highest BCUT2D eigenvalue weighted by atomic mass is 35.5. The van der Waals surface area contributed by atoms with Crippen molar-refractivity contribution in [1.29, 1.82) is 0 Å². The van der Waals surface area contributed by atoms with E-state index in [2.05, 4.69) is 9.97 Å². The van der Waals surface area contributed by atoms with Crippen LogP contribution < -0.4 is 4.74 Å². The molecule has 2 heterocycles. The van der Waals surface area contributed by atoms with Gasteiger partial charge in [0.05, 0.1) is 5.56 Å². The van der Waals surface area contributed by atoms with E-state index < -0.39 is 5.97 Å². The van der Waals surface area contributed by atoms with E-state index >= 15 is 0 Å². The van der Waals surface area contributed by atoms with Gasteiger partial charge in [0.15, 0.2) is 5.75 Å². The van der Waals surface area contributed by atoms with Crippen LogP contribution in [0.5, 0.6) is 5.75 Å². The second-order valence-corrected chi connectivity index (χ2v) is 4.42. The standard InChI is InChI=1S/C15H9ClN2O2/c16-14-11(6-3-9-18-14)15(19)20-12-7-1-4-10-5-2-8-17-13(10)12/h1-9H. The van der Waals surface area contributed by atoms with Crippen LogP contribution in [-0.2, 0) is 0 Å². The minimum absolute atomic E-state index is 0.116. The van der Waals surface area contributed by atoms with Gasteiger partial charge in [0.25, 0.3) is 0 Å². The minimum Gasteiger partial charge on any atom is -0.421 e. The number of para-hydroxylation sites is 1. The third-order valence-corrected chi connectivity index (χ3v) is 3.08. The Balaban J connectivity index is 1.98. The largest absolute Gasteiger partial charge is 0.421 e. The third-order valence-electron chi connectivity index (χ3n) is 2.78. The molecule has 0 bridgehead atoms. The van der Waals surface area contributed by atoms with Crippen molar-refractivity contribution in [2.24, 2.45) is 0 Å². The van der Waals surface area contributed by atoms with Crippen LogP contribution in [0.2, 0.25) is 5.15 Å². The number of nitrogens with zero attached hydrogens (tertiary/aromatic N) is 2. The second-order valence-electron chi connectivity index (χ2n) is 4.06. The summed E-state index contributed by atoms with van der Waals surface area (Å²) in [6.07, 6.45) is 3.16. The fraction of sp³-hybridized carbons (Fsp3) is 0. The lowest BCUT2D eigenvalue weighted by Crippen LogP contribution is -2.10. The molecule has 0 fully saturated rings. The number of fused-ring (bicyclic) bond motifs is 1. The van der Waals surface area contributed by atoms with E-state index in [0.717, 1.165) is 5.39 Å². The Bertz CT molecular complexity index is 784. The number of carbonyl (C=O) groups excluding carboxylic acids is 1. The summed E-state index contributed by atoms with van der Waals surface area (Å²) in [5.74, 6) is -0.158. The summed E-state index contributed by atoms with van der Waals surface area (Å²) in [4.78, 5) is 20.2. The predicted molar refractivity (Wildman–Crippen MR) is 75.9 cm³/mol. The Labute approximate surface area is 120 Å². The molecule has 0 aliphatic heterocycles. The highest BCUT2D eigenvalue weighted by molar-refractivity contribution is 6.32. The number of carbonyl (C=O) groups is 1. The average Bonchev–Trinajstić information content (AvgIpc) is 2.48. The van der Waals surface area contributed by atoms with Crippen molar-refractivity contribution >= 4 is 28.5 Å². The van der Waals surface area contributed by atoms with Gasteiger partial charge in [-0.15, -0.1) is 0 Å². The maximum absolute atomic E-state index is 12.1. The van der Waals surface area contributed by atoms with E-state index in [1.807, 2.05) is 18.2 Å². The first-order chi connectivity index (χ1) is 9.75. The van der Waals surface area contributed by atoms with Crippen molar-refractivity contribution in [1.82, 2.24) is 9.97 Å². The molecule has 0 N–H and O–H groups in total. The number of hydrogen-bond acceptors (Lipinski definition) is 4. The number of rotatable bonds is 2. The molecule has 1 aromatic carbocycles. The van der Waals surface area contributed by atoms with Crippen LogP contribution in [0, 0.1) is 0 Å². The number of benzene rings is 1. The molecule has 0 saturated carbocycles. The van der Waals surface area contributed by atoms with E-state index in [0.29, 0.717) is 11.3 Å². The van der Waals surface area contributed by atoms with Gasteiger partial charge in [0, 0.05) is 17.8 Å². The molecule has 3 aromatic rings. The van der Waals surface area contributed by atoms with Crippen molar-refractivity contribution in [3.8, 4) is 5.75 Å². The summed E-state index contributed by atoms with van der Waals surface area (Å²) < 4.78 is 5.37. The van der Waals surface area contributed by atoms with E-state index in [-0.39, 0.29) is 10.7 Å². The van der Waals surface area contributed by atoms with Crippen LogP contribution in [0.1, 0.15) is 10.4 Å². The zero-order valence-electron chi connectivity index (χ0n) is 10.3. The van der Waals surface area contributed by atoms with Gasteiger partial charge in [-0.2, -0.15) is 0 Å². The zero-order valence-corrected chi connectivity index (χ0v) is 11.0. The van der Waals surface area contributed by atoms with E-state index in [1.54, 1.807) is 30.5 Å². The van der Waals surface area contributed by atoms with Crippen molar-refractivity contribution < 1.29 is 9.53 Å². The molecule has 5 heteroatoms. The Morgan fingerprint density at radius 3 is 2.60 bits per heavy atom. The zero-order chi connectivity index (χ0) is 13.9. The number of hydrogen-bond donors (Lipinski definition) is 0. The number of halogens is 1. The van der Waals surface area contributed by atoms with Crippen LogP contribution in [0.25, 0.3) is 10.9 Å². The summed E-state index contributed by atoms with van der Waals surface area (Å²) in [5.41, 5.74) is 0.852. The molecule has 0 amide bonds. The maximum atomic E-state index is 12.1. The molecule has 0 aliphatic rings. The topological polar surface area (TPSA) is 52.1 Å². The highest BCUT2D eigenvalue weighted by Gasteiger charge is 2.14. The average molecular weight is 285 g/mol. The minimum atomic E-state index is -0.554. The molecule has 3 rings (SSSR count). The van der Waals surface area contributed by atoms with E-state index in [9.17, 15) is 4.79 Å². The molecular weight excluding hydrogens is 276 g/mol. The van der Waals surface area contributed by atoms with Gasteiger partial charge in [0.2, 0.25) is 0 Å². The second kappa shape index (κ2) is 5.27. The summed E-state index contributed by atoms with van der Waals surface area (Å²) >= 11 is 5.88.